The summed E-state index contributed by atoms with van der Waals surface area (Å²) in [7, 11) is 0. The molecule has 0 fully saturated rings. The van der Waals surface area contributed by atoms with E-state index in [0.717, 1.165) is 34.0 Å². The predicted octanol–water partition coefficient (Wildman–Crippen LogP) is 5.22. The summed E-state index contributed by atoms with van der Waals surface area (Å²) in [5, 5.41) is 4.99. The third-order valence-electron chi connectivity index (χ3n) is 6.96. The van der Waals surface area contributed by atoms with Gasteiger partial charge in [-0.05, 0) is 54.8 Å². The van der Waals surface area contributed by atoms with Crippen molar-refractivity contribution >= 4 is 34.2 Å². The zero-order valence-corrected chi connectivity index (χ0v) is 21.4. The SMILES string of the molecule is CCCNC(=O)[C@@H](CC)N(Cc1ccccc1C)C(=O)CCCN1C(=O)c2cccc3cccc1c23. The monoisotopic (exact) mass is 485 g/mol. The van der Waals surface area contributed by atoms with Crippen LogP contribution in [-0.2, 0) is 16.1 Å². The summed E-state index contributed by atoms with van der Waals surface area (Å²) in [4.78, 5) is 43.1. The van der Waals surface area contributed by atoms with Crippen LogP contribution in [0.25, 0.3) is 10.8 Å². The number of carbonyl (C=O) groups excluding carboxylic acids is 3. The fourth-order valence-corrected chi connectivity index (χ4v) is 4.99. The molecule has 0 unspecified atom stereocenters. The topological polar surface area (TPSA) is 69.7 Å². The summed E-state index contributed by atoms with van der Waals surface area (Å²) in [5.74, 6) is -0.200. The smallest absolute Gasteiger partial charge is 0.258 e. The van der Waals surface area contributed by atoms with Crippen LogP contribution in [0.5, 0.6) is 0 Å². The second-order valence-electron chi connectivity index (χ2n) is 9.40. The van der Waals surface area contributed by atoms with E-state index >= 15 is 0 Å². The highest BCUT2D eigenvalue weighted by Gasteiger charge is 2.31. The lowest BCUT2D eigenvalue weighted by Crippen LogP contribution is -2.49. The minimum absolute atomic E-state index is 0.0172. The molecule has 1 heterocycles. The zero-order chi connectivity index (χ0) is 25.7. The molecule has 3 aromatic carbocycles. The Morgan fingerprint density at radius 3 is 2.47 bits per heavy atom. The van der Waals surface area contributed by atoms with Crippen LogP contribution in [0.4, 0.5) is 5.69 Å². The maximum Gasteiger partial charge on any atom is 0.258 e. The fourth-order valence-electron chi connectivity index (χ4n) is 4.99. The van der Waals surface area contributed by atoms with E-state index in [1.165, 1.54) is 0 Å². The molecular weight excluding hydrogens is 450 g/mol. The summed E-state index contributed by atoms with van der Waals surface area (Å²) in [6.07, 6.45) is 2.16. The van der Waals surface area contributed by atoms with Gasteiger partial charge in [0.1, 0.15) is 6.04 Å². The number of rotatable bonds is 11. The van der Waals surface area contributed by atoms with Gasteiger partial charge in [-0.1, -0.05) is 62.4 Å². The van der Waals surface area contributed by atoms with E-state index in [1.807, 2.05) is 81.4 Å². The minimum Gasteiger partial charge on any atom is -0.354 e. The second-order valence-corrected chi connectivity index (χ2v) is 9.40. The van der Waals surface area contributed by atoms with Crippen LogP contribution >= 0.6 is 0 Å². The molecule has 0 radical (unpaired) electrons. The maximum absolute atomic E-state index is 13.5. The summed E-state index contributed by atoms with van der Waals surface area (Å²) in [6.45, 7) is 7.40. The molecular formula is C30H35N3O3. The number of hydrogen-bond acceptors (Lipinski definition) is 3. The molecule has 6 nitrogen and oxygen atoms in total. The van der Waals surface area contributed by atoms with Gasteiger partial charge in [0.25, 0.3) is 5.91 Å². The van der Waals surface area contributed by atoms with Gasteiger partial charge in [0, 0.05) is 37.0 Å². The highest BCUT2D eigenvalue weighted by molar-refractivity contribution is 6.25. The van der Waals surface area contributed by atoms with Gasteiger partial charge >= 0.3 is 0 Å². The van der Waals surface area contributed by atoms with E-state index in [4.69, 9.17) is 0 Å². The molecule has 0 aromatic heterocycles. The van der Waals surface area contributed by atoms with Crippen molar-refractivity contribution in [3.05, 3.63) is 77.4 Å². The van der Waals surface area contributed by atoms with Crippen LogP contribution in [0.3, 0.4) is 0 Å². The van der Waals surface area contributed by atoms with Crippen molar-refractivity contribution in [2.75, 3.05) is 18.0 Å². The summed E-state index contributed by atoms with van der Waals surface area (Å²) in [5.41, 5.74) is 3.74. The largest absolute Gasteiger partial charge is 0.354 e. The number of anilines is 1. The molecule has 0 spiro atoms. The third kappa shape index (κ3) is 5.13. The van der Waals surface area contributed by atoms with Crippen molar-refractivity contribution in [3.8, 4) is 0 Å². The van der Waals surface area contributed by atoms with Gasteiger partial charge in [0.2, 0.25) is 11.8 Å². The van der Waals surface area contributed by atoms with E-state index in [0.29, 0.717) is 38.0 Å². The van der Waals surface area contributed by atoms with Gasteiger partial charge < -0.3 is 15.1 Å². The number of nitrogens with zero attached hydrogens (tertiary/aromatic N) is 2. The number of aryl methyl sites for hydroxylation is 1. The maximum atomic E-state index is 13.5. The lowest BCUT2D eigenvalue weighted by atomic mass is 10.0. The molecule has 0 bridgehead atoms. The first-order chi connectivity index (χ1) is 17.5. The van der Waals surface area contributed by atoms with Crippen LogP contribution in [0.15, 0.2) is 60.7 Å². The average Bonchev–Trinajstić information content (AvgIpc) is 3.16. The Labute approximate surface area is 213 Å². The Bertz CT molecular complexity index is 1260. The van der Waals surface area contributed by atoms with Crippen molar-refractivity contribution in [2.24, 2.45) is 0 Å². The molecule has 1 aliphatic heterocycles. The highest BCUT2D eigenvalue weighted by atomic mass is 16.2. The van der Waals surface area contributed by atoms with Crippen molar-refractivity contribution in [1.82, 2.24) is 10.2 Å². The van der Waals surface area contributed by atoms with Crippen LogP contribution in [-0.4, -0.2) is 41.8 Å². The summed E-state index contributed by atoms with van der Waals surface area (Å²) in [6, 6.07) is 19.2. The van der Waals surface area contributed by atoms with Crippen LogP contribution in [0, 0.1) is 6.92 Å². The number of nitrogens with one attached hydrogen (secondary N) is 1. The molecule has 3 aromatic rings. The van der Waals surface area contributed by atoms with Gasteiger partial charge in [-0.3, -0.25) is 14.4 Å². The van der Waals surface area contributed by atoms with Gasteiger partial charge in [0.05, 0.1) is 5.69 Å². The molecule has 1 aliphatic rings. The average molecular weight is 486 g/mol. The first-order valence-corrected chi connectivity index (χ1v) is 12.9. The Balaban J connectivity index is 1.49. The molecule has 0 saturated heterocycles. The molecule has 1 N–H and O–H groups in total. The van der Waals surface area contributed by atoms with E-state index in [9.17, 15) is 14.4 Å². The third-order valence-corrected chi connectivity index (χ3v) is 6.96. The first kappa shape index (κ1) is 25.4. The highest BCUT2D eigenvalue weighted by Crippen LogP contribution is 2.37. The molecule has 36 heavy (non-hydrogen) atoms. The van der Waals surface area contributed by atoms with Gasteiger partial charge in [0.15, 0.2) is 0 Å². The number of carbonyl (C=O) groups is 3. The van der Waals surface area contributed by atoms with Crippen molar-refractivity contribution in [2.45, 2.75) is 59.0 Å². The number of amides is 3. The molecule has 188 valence electrons. The van der Waals surface area contributed by atoms with E-state index in [2.05, 4.69) is 5.32 Å². The number of hydrogen-bond donors (Lipinski definition) is 1. The second kappa shape index (κ2) is 11.4. The Morgan fingerprint density at radius 1 is 1.00 bits per heavy atom. The van der Waals surface area contributed by atoms with E-state index in [1.54, 1.807) is 9.80 Å². The normalized spacial score (nSPS) is 13.2. The van der Waals surface area contributed by atoms with E-state index in [-0.39, 0.29) is 24.1 Å². The van der Waals surface area contributed by atoms with Gasteiger partial charge in [-0.15, -0.1) is 0 Å². The standard InChI is InChI=1S/C30H35N3O3/c1-4-18-31-29(35)25(5-2)33(20-23-12-7-6-11-21(23)3)27(34)17-10-19-32-26-16-9-14-22-13-8-15-24(28(22)26)30(32)36/h6-9,11-16,25H,4-5,10,17-20H2,1-3H3,(H,31,35)/t25-/m1/s1. The summed E-state index contributed by atoms with van der Waals surface area (Å²) >= 11 is 0. The summed E-state index contributed by atoms with van der Waals surface area (Å²) < 4.78 is 0. The Hall–Kier alpha value is -3.67. The van der Waals surface area contributed by atoms with E-state index < -0.39 is 6.04 Å². The number of benzene rings is 3. The van der Waals surface area contributed by atoms with Crippen LogP contribution < -0.4 is 10.2 Å². The van der Waals surface area contributed by atoms with Crippen molar-refractivity contribution < 1.29 is 14.4 Å². The molecule has 4 rings (SSSR count). The zero-order valence-electron chi connectivity index (χ0n) is 21.4. The predicted molar refractivity (Wildman–Crippen MR) is 144 cm³/mol. The van der Waals surface area contributed by atoms with Crippen LogP contribution in [0.2, 0.25) is 0 Å². The molecule has 0 aliphatic carbocycles. The molecule has 0 saturated carbocycles. The van der Waals surface area contributed by atoms with Gasteiger partial charge in [-0.2, -0.15) is 0 Å². The fraction of sp³-hybridized carbons (Fsp3) is 0.367. The Morgan fingerprint density at radius 2 is 1.75 bits per heavy atom. The van der Waals surface area contributed by atoms with Gasteiger partial charge in [-0.25, -0.2) is 0 Å². The van der Waals surface area contributed by atoms with Crippen molar-refractivity contribution in [3.63, 3.8) is 0 Å². The lowest BCUT2D eigenvalue weighted by molar-refractivity contribution is -0.141. The Kier molecular flexibility index (Phi) is 8.04. The minimum atomic E-state index is -0.532. The van der Waals surface area contributed by atoms with Crippen molar-refractivity contribution in [1.29, 1.82) is 0 Å². The lowest BCUT2D eigenvalue weighted by Gasteiger charge is -2.31. The quantitative estimate of drug-likeness (QED) is 0.405. The molecule has 6 heteroatoms. The first-order valence-electron chi connectivity index (χ1n) is 12.9. The molecule has 1 atom stereocenters. The van der Waals surface area contributed by atoms with Crippen LogP contribution in [0.1, 0.15) is 61.0 Å². The molecule has 3 amide bonds.